The van der Waals surface area contributed by atoms with Gasteiger partial charge in [-0.05, 0) is 0 Å². The predicted octanol–water partition coefficient (Wildman–Crippen LogP) is 0.999. The van der Waals surface area contributed by atoms with Crippen molar-refractivity contribution in [2.24, 2.45) is 0 Å². The summed E-state index contributed by atoms with van der Waals surface area (Å²) in [5, 5.41) is 0. The number of hydrogen-bond acceptors (Lipinski definition) is 0. The summed E-state index contributed by atoms with van der Waals surface area (Å²) in [6.45, 7) is 0. The zero-order chi connectivity index (χ0) is 4.41. The van der Waals surface area contributed by atoms with Crippen LogP contribution in [0.5, 0.6) is 0 Å². The molecule has 26 valence electrons. The van der Waals surface area contributed by atoms with Gasteiger partial charge >= 0.3 is 73.3 Å². The van der Waals surface area contributed by atoms with Gasteiger partial charge in [-0.15, -0.1) is 0 Å². The van der Waals surface area contributed by atoms with Gasteiger partial charge in [0.25, 0.3) is 0 Å². The Hall–Kier alpha value is 1.12. The molecule has 1 rings (SSSR count). The van der Waals surface area contributed by atoms with Gasteiger partial charge in [0.15, 0.2) is 0 Å². The third-order valence-corrected chi connectivity index (χ3v) is 2.11. The zero-order valence-electron chi connectivity index (χ0n) is 3.94. The molecule has 0 heterocycles. The second-order valence-electron chi connectivity index (χ2n) is 1.65. The molecule has 0 spiro atoms. The summed E-state index contributed by atoms with van der Waals surface area (Å²) in [6.07, 6.45) is 7.82. The molecule has 0 nitrogen and oxygen atoms in total. The Morgan fingerprint density at radius 2 is 2.50 bits per heavy atom. The van der Waals surface area contributed by atoms with E-state index in [0.717, 1.165) is 49.0 Å². The van der Waals surface area contributed by atoms with Crippen molar-refractivity contribution in [1.82, 2.24) is 0 Å². The SMILES string of the molecule is [K][C]1=CC=CC1. The van der Waals surface area contributed by atoms with Crippen LogP contribution < -0.4 is 0 Å². The van der Waals surface area contributed by atoms with Crippen molar-refractivity contribution < 1.29 is 0 Å². The first kappa shape index (κ1) is 5.26. The Morgan fingerprint density at radius 3 is 2.67 bits per heavy atom. The molecule has 0 radical (unpaired) electrons. The van der Waals surface area contributed by atoms with Crippen LogP contribution in [0.2, 0.25) is 0 Å². The molecule has 1 heteroatoms. The van der Waals surface area contributed by atoms with E-state index in [4.69, 9.17) is 0 Å². The van der Waals surface area contributed by atoms with E-state index in [1.54, 1.807) is -0.332 Å². The van der Waals surface area contributed by atoms with E-state index >= 15 is 0 Å². The van der Waals surface area contributed by atoms with Crippen LogP contribution in [0.25, 0.3) is 0 Å². The standard InChI is InChI=1S/C5H5.K/c1-2-4-5-3-1;/h1-3H,4H2;. The molecule has 0 atom stereocenters. The molecular formula is C5H5K. The van der Waals surface area contributed by atoms with E-state index in [-0.39, 0.29) is 0 Å². The Bertz CT molecular complexity index is 101. The summed E-state index contributed by atoms with van der Waals surface area (Å²) in [7, 11) is 0. The van der Waals surface area contributed by atoms with Crippen molar-refractivity contribution in [2.75, 3.05) is 0 Å². The molecule has 6 heavy (non-hydrogen) atoms. The van der Waals surface area contributed by atoms with Gasteiger partial charge in [-0.25, -0.2) is 0 Å². The summed E-state index contributed by atoms with van der Waals surface area (Å²) in [5.41, 5.74) is 0. The average Bonchev–Trinajstić information content (AvgIpc) is 1.86. The van der Waals surface area contributed by atoms with Crippen molar-refractivity contribution in [2.45, 2.75) is 6.42 Å². The zero-order valence-corrected chi connectivity index (χ0v) is 7.06. The quantitative estimate of drug-likeness (QED) is 0.402. The van der Waals surface area contributed by atoms with Crippen molar-refractivity contribution in [3.8, 4) is 0 Å². The number of rotatable bonds is 0. The van der Waals surface area contributed by atoms with Crippen LogP contribution in [0.1, 0.15) is 6.42 Å². The fraction of sp³-hybridized carbons (Fsp3) is 0.200. The van der Waals surface area contributed by atoms with Crippen LogP contribution in [-0.2, 0) is 0 Å². The third kappa shape index (κ3) is 1.32. The van der Waals surface area contributed by atoms with Gasteiger partial charge in [-0.1, -0.05) is 0 Å². The van der Waals surface area contributed by atoms with Crippen LogP contribution in [0, 0.1) is 0 Å². The van der Waals surface area contributed by atoms with Crippen LogP contribution in [-0.4, -0.2) is 49.0 Å². The van der Waals surface area contributed by atoms with Gasteiger partial charge in [-0.2, -0.15) is 0 Å². The Kier molecular flexibility index (Phi) is 2.13. The number of allylic oxidation sites excluding steroid dienone is 4. The van der Waals surface area contributed by atoms with Crippen molar-refractivity contribution in [3.63, 3.8) is 0 Å². The van der Waals surface area contributed by atoms with Gasteiger partial charge in [0.05, 0.1) is 0 Å². The monoisotopic (exact) mass is 104 g/mol. The molecule has 0 unspecified atom stereocenters. The topological polar surface area (TPSA) is 0 Å². The maximum atomic E-state index is 2.22. The van der Waals surface area contributed by atoms with Crippen LogP contribution in [0.3, 0.4) is 0 Å². The van der Waals surface area contributed by atoms with E-state index in [1.807, 2.05) is 0 Å². The van der Waals surface area contributed by atoms with Crippen LogP contribution >= 0.6 is 0 Å². The van der Waals surface area contributed by atoms with Crippen molar-refractivity contribution in [3.05, 3.63) is 17.9 Å². The average molecular weight is 104 g/mol. The van der Waals surface area contributed by atoms with Gasteiger partial charge in [0.2, 0.25) is 0 Å². The molecule has 0 aliphatic heterocycles. The fourth-order valence-electron chi connectivity index (χ4n) is 0.554. The summed E-state index contributed by atoms with van der Waals surface area (Å²) < 4.78 is 1.66. The Morgan fingerprint density at radius 1 is 1.67 bits per heavy atom. The van der Waals surface area contributed by atoms with Gasteiger partial charge in [-0.3, -0.25) is 0 Å². The third-order valence-electron chi connectivity index (χ3n) is 0.957. The molecule has 0 aromatic carbocycles. The van der Waals surface area contributed by atoms with Gasteiger partial charge in [0.1, 0.15) is 0 Å². The molecule has 1 aliphatic carbocycles. The molecule has 0 saturated carbocycles. The normalized spacial score (nSPS) is 18.7. The Balaban J connectivity index is 2.61. The number of hydrogen-bond donors (Lipinski definition) is 0. The van der Waals surface area contributed by atoms with Crippen LogP contribution in [0.15, 0.2) is 17.9 Å². The molecule has 0 aromatic heterocycles. The van der Waals surface area contributed by atoms with Gasteiger partial charge < -0.3 is 0 Å². The van der Waals surface area contributed by atoms with Crippen molar-refractivity contribution >= 4 is 49.0 Å². The van der Waals surface area contributed by atoms with E-state index in [1.165, 1.54) is 6.42 Å². The summed E-state index contributed by atoms with van der Waals surface area (Å²) in [5.74, 6) is 0. The Labute approximate surface area is 71.9 Å². The second-order valence-corrected chi connectivity index (χ2v) is 3.65. The minimum atomic E-state index is 0.941. The molecule has 0 N–H and O–H groups in total. The molecule has 0 bridgehead atoms. The van der Waals surface area contributed by atoms with Crippen LogP contribution in [0.4, 0.5) is 0 Å². The first-order valence-corrected chi connectivity index (χ1v) is 3.78. The molecule has 0 amide bonds. The molecular weight excluding hydrogens is 99.2 g/mol. The van der Waals surface area contributed by atoms with E-state index < -0.39 is 0 Å². The van der Waals surface area contributed by atoms with Crippen molar-refractivity contribution in [1.29, 1.82) is 0 Å². The summed E-state index contributed by atoms with van der Waals surface area (Å²) >= 11 is 0.941. The molecule has 0 aromatic rings. The van der Waals surface area contributed by atoms with Gasteiger partial charge in [0, 0.05) is 0 Å². The van der Waals surface area contributed by atoms with E-state index in [9.17, 15) is 0 Å². The minimum absolute atomic E-state index is 0.941. The van der Waals surface area contributed by atoms with E-state index in [2.05, 4.69) is 18.2 Å². The summed E-state index contributed by atoms with van der Waals surface area (Å²) in [6, 6.07) is 0. The predicted molar refractivity (Wildman–Crippen MR) is 27.6 cm³/mol. The fourth-order valence-corrected chi connectivity index (χ4v) is 1.22. The summed E-state index contributed by atoms with van der Waals surface area (Å²) in [4.78, 5) is 0. The first-order chi connectivity index (χ1) is 2.89. The maximum absolute atomic E-state index is 2.22. The first-order valence-electron chi connectivity index (χ1n) is 2.22. The molecule has 0 saturated heterocycles. The van der Waals surface area contributed by atoms with E-state index in [0.29, 0.717) is 0 Å². The molecule has 0 fully saturated rings. The molecule has 1 aliphatic rings. The second kappa shape index (κ2) is 2.43.